The second kappa shape index (κ2) is 7.03. The van der Waals surface area contributed by atoms with Crippen LogP contribution < -0.4 is 4.52 Å². The molecule has 2 rings (SSSR count). The number of hydrogen-bond donors (Lipinski definition) is 1. The molecule has 0 aromatic heterocycles. The number of benzene rings is 2. The molecule has 0 radical (unpaired) electrons. The molecule has 2 aromatic rings. The summed E-state index contributed by atoms with van der Waals surface area (Å²) in [6.07, 6.45) is 0.629. The SMILES string of the molecule is CCc1cccc(O[P+](=O)O)c1C(=O)c1c(C)cc(C)cc1C. The lowest BCUT2D eigenvalue weighted by atomic mass is 9.90. The molecule has 1 atom stereocenters. The zero-order chi connectivity index (χ0) is 17.1. The average Bonchev–Trinajstić information content (AvgIpc) is 2.44. The fraction of sp³-hybridized carbons (Fsp3) is 0.278. The zero-order valence-corrected chi connectivity index (χ0v) is 14.6. The number of carbonyl (C=O) groups is 1. The summed E-state index contributed by atoms with van der Waals surface area (Å²) in [7, 11) is -2.83. The van der Waals surface area contributed by atoms with Crippen LogP contribution in [0.4, 0.5) is 0 Å². The number of carbonyl (C=O) groups excluding carboxylic acids is 1. The summed E-state index contributed by atoms with van der Waals surface area (Å²) in [6, 6.07) is 9.03. The molecule has 0 amide bonds. The Morgan fingerprint density at radius 3 is 2.26 bits per heavy atom. The van der Waals surface area contributed by atoms with E-state index < -0.39 is 8.25 Å². The maximum atomic E-state index is 13.1. The van der Waals surface area contributed by atoms with Crippen LogP contribution in [0.25, 0.3) is 0 Å². The summed E-state index contributed by atoms with van der Waals surface area (Å²) in [5.41, 5.74) is 4.64. The first-order valence-electron chi connectivity index (χ1n) is 7.43. The number of aryl methyl sites for hydroxylation is 4. The summed E-state index contributed by atoms with van der Waals surface area (Å²) in [6.45, 7) is 7.71. The van der Waals surface area contributed by atoms with Gasteiger partial charge in [-0.1, -0.05) is 36.8 Å². The maximum absolute atomic E-state index is 13.1. The van der Waals surface area contributed by atoms with E-state index in [0.717, 1.165) is 22.3 Å². The molecule has 0 heterocycles. The van der Waals surface area contributed by atoms with Gasteiger partial charge in [0.05, 0.1) is 5.56 Å². The first-order chi connectivity index (χ1) is 10.8. The Morgan fingerprint density at radius 1 is 1.13 bits per heavy atom. The van der Waals surface area contributed by atoms with E-state index in [0.29, 0.717) is 17.5 Å². The van der Waals surface area contributed by atoms with Crippen molar-refractivity contribution < 1.29 is 18.8 Å². The minimum absolute atomic E-state index is 0.150. The van der Waals surface area contributed by atoms with E-state index >= 15 is 0 Å². The quantitative estimate of drug-likeness (QED) is 0.650. The Labute approximate surface area is 137 Å². The lowest BCUT2D eigenvalue weighted by molar-refractivity contribution is 0.103. The lowest BCUT2D eigenvalue weighted by Gasteiger charge is -2.13. The van der Waals surface area contributed by atoms with Gasteiger partial charge in [-0.05, 0) is 49.9 Å². The molecule has 0 saturated carbocycles. The van der Waals surface area contributed by atoms with Gasteiger partial charge in [-0.15, -0.1) is 4.89 Å². The van der Waals surface area contributed by atoms with Gasteiger partial charge in [0.2, 0.25) is 5.75 Å². The summed E-state index contributed by atoms with van der Waals surface area (Å²) < 4.78 is 16.1. The van der Waals surface area contributed by atoms with Crippen molar-refractivity contribution in [2.45, 2.75) is 34.1 Å². The smallest absolute Gasteiger partial charge is 0.288 e. The molecule has 23 heavy (non-hydrogen) atoms. The molecular formula is C18H20O4P+. The molecule has 0 bridgehead atoms. The highest BCUT2D eigenvalue weighted by atomic mass is 31.1. The van der Waals surface area contributed by atoms with E-state index in [-0.39, 0.29) is 11.5 Å². The lowest BCUT2D eigenvalue weighted by Crippen LogP contribution is -2.11. The summed E-state index contributed by atoms with van der Waals surface area (Å²) >= 11 is 0. The first kappa shape index (κ1) is 17.3. The summed E-state index contributed by atoms with van der Waals surface area (Å²) in [4.78, 5) is 22.2. The molecule has 0 aliphatic heterocycles. The predicted octanol–water partition coefficient (Wildman–Crippen LogP) is 4.43. The molecule has 0 saturated heterocycles. The van der Waals surface area contributed by atoms with Gasteiger partial charge in [0.15, 0.2) is 5.78 Å². The van der Waals surface area contributed by atoms with Crippen LogP contribution in [-0.4, -0.2) is 10.7 Å². The standard InChI is InChI=1S/C18H19O4P/c1-5-14-7-6-8-15(22-23(20)21)17(14)18(19)16-12(3)9-11(2)10-13(16)4/h6-10H,5H2,1-4H3/p+1. The van der Waals surface area contributed by atoms with E-state index in [2.05, 4.69) is 0 Å². The van der Waals surface area contributed by atoms with Crippen LogP contribution >= 0.6 is 8.25 Å². The molecule has 1 N–H and O–H groups in total. The third kappa shape index (κ3) is 3.66. The van der Waals surface area contributed by atoms with E-state index in [1.807, 2.05) is 45.9 Å². The minimum Gasteiger partial charge on any atom is -0.288 e. The van der Waals surface area contributed by atoms with Crippen LogP contribution in [0, 0.1) is 20.8 Å². The summed E-state index contributed by atoms with van der Waals surface area (Å²) in [5.74, 6) is -0.0263. The van der Waals surface area contributed by atoms with Crippen LogP contribution in [0.3, 0.4) is 0 Å². The topological polar surface area (TPSA) is 63.6 Å². The molecule has 120 valence electrons. The van der Waals surface area contributed by atoms with Crippen molar-refractivity contribution in [3.8, 4) is 5.75 Å². The molecule has 2 aromatic carbocycles. The van der Waals surface area contributed by atoms with Crippen molar-refractivity contribution in [3.63, 3.8) is 0 Å². The Morgan fingerprint density at radius 2 is 1.74 bits per heavy atom. The van der Waals surface area contributed by atoms with Gasteiger partial charge < -0.3 is 0 Å². The van der Waals surface area contributed by atoms with Crippen LogP contribution in [0.1, 0.15) is 45.1 Å². The molecular weight excluding hydrogens is 311 g/mol. The Balaban J connectivity index is 2.66. The fourth-order valence-electron chi connectivity index (χ4n) is 2.95. The fourth-order valence-corrected chi connectivity index (χ4v) is 3.27. The number of ketones is 1. The third-order valence-electron chi connectivity index (χ3n) is 3.80. The van der Waals surface area contributed by atoms with Crippen LogP contribution in [0.5, 0.6) is 5.75 Å². The van der Waals surface area contributed by atoms with Gasteiger partial charge in [0.25, 0.3) is 0 Å². The third-order valence-corrected chi connectivity index (χ3v) is 4.15. The van der Waals surface area contributed by atoms with E-state index in [1.54, 1.807) is 12.1 Å². The largest absolute Gasteiger partial charge is 0.747 e. The first-order valence-corrected chi connectivity index (χ1v) is 8.56. The molecule has 0 aliphatic rings. The second-order valence-corrected chi connectivity index (χ2v) is 6.23. The van der Waals surface area contributed by atoms with Gasteiger partial charge in [-0.25, -0.2) is 4.52 Å². The van der Waals surface area contributed by atoms with Crippen molar-refractivity contribution in [2.24, 2.45) is 0 Å². The Kier molecular flexibility index (Phi) is 5.30. The van der Waals surface area contributed by atoms with E-state index in [1.165, 1.54) is 0 Å². The van der Waals surface area contributed by atoms with Crippen LogP contribution in [0.2, 0.25) is 0 Å². The van der Waals surface area contributed by atoms with Crippen molar-refractivity contribution in [3.05, 3.63) is 63.7 Å². The second-order valence-electron chi connectivity index (χ2n) is 5.58. The molecule has 0 aliphatic carbocycles. The van der Waals surface area contributed by atoms with Gasteiger partial charge in [0.1, 0.15) is 0 Å². The van der Waals surface area contributed by atoms with Crippen molar-refractivity contribution in [1.82, 2.24) is 0 Å². The molecule has 5 heteroatoms. The Hall–Kier alpha value is -2.03. The zero-order valence-electron chi connectivity index (χ0n) is 13.7. The molecule has 0 spiro atoms. The maximum Gasteiger partial charge on any atom is 0.747 e. The monoisotopic (exact) mass is 331 g/mol. The van der Waals surface area contributed by atoms with Gasteiger partial charge in [0, 0.05) is 10.1 Å². The van der Waals surface area contributed by atoms with E-state index in [9.17, 15) is 9.36 Å². The highest BCUT2D eigenvalue weighted by molar-refractivity contribution is 7.32. The normalized spacial score (nSPS) is 11.3. The van der Waals surface area contributed by atoms with Crippen molar-refractivity contribution in [1.29, 1.82) is 0 Å². The highest BCUT2D eigenvalue weighted by Gasteiger charge is 2.26. The van der Waals surface area contributed by atoms with Crippen molar-refractivity contribution >= 4 is 14.0 Å². The minimum atomic E-state index is -2.83. The van der Waals surface area contributed by atoms with Crippen molar-refractivity contribution in [2.75, 3.05) is 0 Å². The van der Waals surface area contributed by atoms with Crippen LogP contribution in [-0.2, 0) is 11.0 Å². The predicted molar refractivity (Wildman–Crippen MR) is 90.4 cm³/mol. The van der Waals surface area contributed by atoms with Gasteiger partial charge in [-0.3, -0.25) is 4.79 Å². The molecule has 1 unspecified atom stereocenters. The van der Waals surface area contributed by atoms with E-state index in [4.69, 9.17) is 9.42 Å². The number of rotatable bonds is 5. The van der Waals surface area contributed by atoms with Gasteiger partial charge in [-0.2, -0.15) is 0 Å². The number of hydrogen-bond acceptors (Lipinski definition) is 3. The average molecular weight is 331 g/mol. The molecule has 4 nitrogen and oxygen atoms in total. The van der Waals surface area contributed by atoms with Crippen LogP contribution in [0.15, 0.2) is 30.3 Å². The van der Waals surface area contributed by atoms with Gasteiger partial charge >= 0.3 is 8.25 Å². The summed E-state index contributed by atoms with van der Waals surface area (Å²) in [5, 5.41) is 0. The molecule has 0 fully saturated rings. The highest BCUT2D eigenvalue weighted by Crippen LogP contribution is 2.33. The Bertz CT molecular complexity index is 758.